The number of phenols is 2. The fraction of sp³-hybridized carbons (Fsp3) is 0.368. The standard InChI is InChI=1S/C19H22N2O2/c1-2-6-21-7-5-12-8-13(20)10-14-17(12)15(21)9-11-3-4-16(22)19(23)18(11)14/h3-4,8,10,15,22-23H,2,5-7,9,20H2,1H3/t15-/m1/s1. The van der Waals surface area contributed by atoms with Gasteiger partial charge < -0.3 is 15.9 Å². The van der Waals surface area contributed by atoms with Crippen molar-refractivity contribution in [2.45, 2.75) is 32.2 Å². The van der Waals surface area contributed by atoms with Gasteiger partial charge in [0.15, 0.2) is 11.5 Å². The molecule has 1 atom stereocenters. The largest absolute Gasteiger partial charge is 0.504 e. The molecule has 1 aliphatic carbocycles. The molecule has 2 aromatic rings. The second kappa shape index (κ2) is 5.17. The number of fused-ring (bicyclic) bond motifs is 2. The predicted molar refractivity (Wildman–Crippen MR) is 91.6 cm³/mol. The van der Waals surface area contributed by atoms with Crippen molar-refractivity contribution in [2.24, 2.45) is 0 Å². The molecule has 4 nitrogen and oxygen atoms in total. The van der Waals surface area contributed by atoms with E-state index in [0.717, 1.165) is 54.7 Å². The highest BCUT2D eigenvalue weighted by atomic mass is 16.3. The Morgan fingerprint density at radius 1 is 1.22 bits per heavy atom. The minimum Gasteiger partial charge on any atom is -0.504 e. The van der Waals surface area contributed by atoms with Crippen molar-refractivity contribution < 1.29 is 10.2 Å². The fourth-order valence-electron chi connectivity index (χ4n) is 4.23. The predicted octanol–water partition coefficient (Wildman–Crippen LogP) is 3.21. The summed E-state index contributed by atoms with van der Waals surface area (Å²) in [5.74, 6) is -0.0963. The van der Waals surface area contributed by atoms with Crippen molar-refractivity contribution in [3.8, 4) is 22.6 Å². The van der Waals surface area contributed by atoms with Crippen molar-refractivity contribution in [3.63, 3.8) is 0 Å². The van der Waals surface area contributed by atoms with Gasteiger partial charge in [0.25, 0.3) is 0 Å². The Kier molecular flexibility index (Phi) is 3.23. The van der Waals surface area contributed by atoms with E-state index >= 15 is 0 Å². The SMILES string of the molecule is CCCN1CCc2cc(N)cc3c2[C@H]1Cc1ccc(O)c(O)c1-3. The van der Waals surface area contributed by atoms with E-state index in [9.17, 15) is 10.2 Å². The van der Waals surface area contributed by atoms with Gasteiger partial charge in [0.2, 0.25) is 0 Å². The van der Waals surface area contributed by atoms with Gasteiger partial charge in [-0.15, -0.1) is 0 Å². The molecule has 2 aliphatic rings. The molecule has 120 valence electrons. The average molecular weight is 310 g/mol. The van der Waals surface area contributed by atoms with Crippen LogP contribution in [0, 0.1) is 0 Å². The van der Waals surface area contributed by atoms with Crippen LogP contribution in [0.15, 0.2) is 24.3 Å². The summed E-state index contributed by atoms with van der Waals surface area (Å²) in [4.78, 5) is 2.54. The molecule has 0 saturated heterocycles. The summed E-state index contributed by atoms with van der Waals surface area (Å²) in [5.41, 5.74) is 12.2. The van der Waals surface area contributed by atoms with Gasteiger partial charge in [-0.25, -0.2) is 0 Å². The van der Waals surface area contributed by atoms with Crippen LogP contribution in [0.5, 0.6) is 11.5 Å². The first-order valence-corrected chi connectivity index (χ1v) is 8.30. The van der Waals surface area contributed by atoms with Gasteiger partial charge in [-0.1, -0.05) is 13.0 Å². The summed E-state index contributed by atoms with van der Waals surface area (Å²) in [5, 5.41) is 20.3. The molecule has 23 heavy (non-hydrogen) atoms. The first-order chi connectivity index (χ1) is 11.1. The topological polar surface area (TPSA) is 69.7 Å². The average Bonchev–Trinajstić information content (AvgIpc) is 2.53. The Hall–Kier alpha value is -2.20. The van der Waals surface area contributed by atoms with Gasteiger partial charge in [0, 0.05) is 23.8 Å². The third-order valence-corrected chi connectivity index (χ3v) is 5.17. The first-order valence-electron chi connectivity index (χ1n) is 8.30. The molecule has 1 aliphatic heterocycles. The molecular weight excluding hydrogens is 288 g/mol. The summed E-state index contributed by atoms with van der Waals surface area (Å²) < 4.78 is 0. The van der Waals surface area contributed by atoms with E-state index in [0.29, 0.717) is 6.04 Å². The monoisotopic (exact) mass is 310 g/mol. The normalized spacial score (nSPS) is 19.3. The zero-order valence-electron chi connectivity index (χ0n) is 13.3. The van der Waals surface area contributed by atoms with Crippen LogP contribution in [0.2, 0.25) is 0 Å². The van der Waals surface area contributed by atoms with E-state index in [2.05, 4.69) is 17.9 Å². The Labute approximate surface area is 136 Å². The first kappa shape index (κ1) is 14.4. The van der Waals surface area contributed by atoms with Crippen LogP contribution >= 0.6 is 0 Å². The van der Waals surface area contributed by atoms with Crippen LogP contribution in [0.1, 0.15) is 36.1 Å². The lowest BCUT2D eigenvalue weighted by Gasteiger charge is -2.42. The summed E-state index contributed by atoms with van der Waals surface area (Å²) in [6.45, 7) is 4.33. The molecule has 0 spiro atoms. The lowest BCUT2D eigenvalue weighted by molar-refractivity contribution is 0.183. The van der Waals surface area contributed by atoms with Crippen molar-refractivity contribution >= 4 is 5.69 Å². The van der Waals surface area contributed by atoms with E-state index in [1.165, 1.54) is 11.1 Å². The van der Waals surface area contributed by atoms with Gasteiger partial charge in [0.05, 0.1) is 0 Å². The maximum absolute atomic E-state index is 10.4. The number of hydrogen-bond acceptors (Lipinski definition) is 4. The number of anilines is 1. The third kappa shape index (κ3) is 2.09. The number of nitrogens with zero attached hydrogens (tertiary/aromatic N) is 1. The van der Waals surface area contributed by atoms with Gasteiger partial charge >= 0.3 is 0 Å². The van der Waals surface area contributed by atoms with Crippen molar-refractivity contribution in [3.05, 3.63) is 41.0 Å². The van der Waals surface area contributed by atoms with Gasteiger partial charge in [-0.05, 0) is 66.3 Å². The van der Waals surface area contributed by atoms with Gasteiger partial charge in [-0.3, -0.25) is 4.90 Å². The molecule has 0 radical (unpaired) electrons. The molecule has 0 amide bonds. The maximum atomic E-state index is 10.4. The highest BCUT2D eigenvalue weighted by Crippen LogP contribution is 2.50. The number of nitrogens with two attached hydrogens (primary N) is 1. The van der Waals surface area contributed by atoms with Crippen LogP contribution < -0.4 is 5.73 Å². The number of nitrogen functional groups attached to an aromatic ring is 1. The van der Waals surface area contributed by atoms with E-state index in [1.807, 2.05) is 12.1 Å². The molecule has 2 aromatic carbocycles. The second-order valence-corrected chi connectivity index (χ2v) is 6.61. The number of phenolic OH excluding ortho intramolecular Hbond substituents is 2. The molecule has 1 heterocycles. The Balaban J connectivity index is 1.98. The van der Waals surface area contributed by atoms with E-state index in [1.54, 1.807) is 6.07 Å². The molecular formula is C19H22N2O2. The molecule has 0 unspecified atom stereocenters. The van der Waals surface area contributed by atoms with E-state index in [4.69, 9.17) is 5.73 Å². The number of benzene rings is 2. The number of hydrogen-bond donors (Lipinski definition) is 3. The lowest BCUT2D eigenvalue weighted by Crippen LogP contribution is -2.38. The summed E-state index contributed by atoms with van der Waals surface area (Å²) in [6.07, 6.45) is 2.98. The fourth-order valence-corrected chi connectivity index (χ4v) is 4.23. The highest BCUT2D eigenvalue weighted by molar-refractivity contribution is 5.84. The molecule has 0 fully saturated rings. The number of rotatable bonds is 2. The van der Waals surface area contributed by atoms with Gasteiger partial charge in [0.1, 0.15) is 0 Å². The summed E-state index contributed by atoms with van der Waals surface area (Å²) in [7, 11) is 0. The van der Waals surface area contributed by atoms with Crippen LogP contribution in [0.3, 0.4) is 0 Å². The highest BCUT2D eigenvalue weighted by Gasteiger charge is 2.35. The molecule has 0 aromatic heterocycles. The second-order valence-electron chi connectivity index (χ2n) is 6.61. The Morgan fingerprint density at radius 3 is 2.83 bits per heavy atom. The number of aromatic hydroxyl groups is 2. The minimum atomic E-state index is -0.0698. The van der Waals surface area contributed by atoms with Gasteiger partial charge in [-0.2, -0.15) is 0 Å². The maximum Gasteiger partial charge on any atom is 0.165 e. The molecule has 4 rings (SSSR count). The Morgan fingerprint density at radius 2 is 2.04 bits per heavy atom. The van der Waals surface area contributed by atoms with Crippen molar-refractivity contribution in [1.29, 1.82) is 0 Å². The van der Waals surface area contributed by atoms with E-state index < -0.39 is 0 Å². The summed E-state index contributed by atoms with van der Waals surface area (Å²) in [6, 6.07) is 7.86. The third-order valence-electron chi connectivity index (χ3n) is 5.17. The zero-order valence-corrected chi connectivity index (χ0v) is 13.3. The quantitative estimate of drug-likeness (QED) is 0.588. The van der Waals surface area contributed by atoms with Crippen molar-refractivity contribution in [1.82, 2.24) is 4.90 Å². The molecule has 4 heteroatoms. The van der Waals surface area contributed by atoms with Crippen LogP contribution in [-0.2, 0) is 12.8 Å². The minimum absolute atomic E-state index is 0.0265. The van der Waals surface area contributed by atoms with E-state index in [-0.39, 0.29) is 11.5 Å². The van der Waals surface area contributed by atoms with Crippen LogP contribution in [-0.4, -0.2) is 28.2 Å². The zero-order chi connectivity index (χ0) is 16.1. The lowest BCUT2D eigenvalue weighted by atomic mass is 9.76. The van der Waals surface area contributed by atoms with Crippen LogP contribution in [0.4, 0.5) is 5.69 Å². The summed E-state index contributed by atoms with van der Waals surface area (Å²) >= 11 is 0. The van der Waals surface area contributed by atoms with Crippen molar-refractivity contribution in [2.75, 3.05) is 18.8 Å². The Bertz CT molecular complexity index is 785. The smallest absolute Gasteiger partial charge is 0.165 e. The van der Waals surface area contributed by atoms with Crippen LogP contribution in [0.25, 0.3) is 11.1 Å². The molecule has 0 saturated carbocycles. The molecule has 0 bridgehead atoms. The molecule has 4 N–H and O–H groups in total.